The Morgan fingerprint density at radius 3 is 3.00 bits per heavy atom. The highest BCUT2D eigenvalue weighted by Gasteiger charge is 2.33. The highest BCUT2D eigenvalue weighted by atomic mass is 32.1. The van der Waals surface area contributed by atoms with Crippen LogP contribution in [-0.4, -0.2) is 29.4 Å². The summed E-state index contributed by atoms with van der Waals surface area (Å²) in [5, 5.41) is 3.01. The predicted octanol–water partition coefficient (Wildman–Crippen LogP) is -0.157. The first-order chi connectivity index (χ1) is 8.15. The van der Waals surface area contributed by atoms with E-state index in [1.807, 2.05) is 6.92 Å². The monoisotopic (exact) mass is 254 g/mol. The van der Waals surface area contributed by atoms with Crippen molar-refractivity contribution >= 4 is 28.3 Å². The largest absolute Gasteiger partial charge is 0.327 e. The van der Waals surface area contributed by atoms with Crippen molar-refractivity contribution in [3.63, 3.8) is 0 Å². The van der Waals surface area contributed by atoms with Gasteiger partial charge in [-0.3, -0.25) is 14.9 Å². The van der Waals surface area contributed by atoms with Gasteiger partial charge in [0, 0.05) is 17.6 Å². The SMILES string of the molecule is CCC1C(=O)NC(=O)CN1c1ncc(CN)s1. The van der Waals surface area contributed by atoms with Crippen molar-refractivity contribution in [3.8, 4) is 0 Å². The number of imide groups is 1. The van der Waals surface area contributed by atoms with Gasteiger partial charge >= 0.3 is 0 Å². The third-order valence-corrected chi connectivity index (χ3v) is 3.69. The van der Waals surface area contributed by atoms with E-state index in [0.29, 0.717) is 18.1 Å². The van der Waals surface area contributed by atoms with E-state index < -0.39 is 0 Å². The summed E-state index contributed by atoms with van der Waals surface area (Å²) < 4.78 is 0. The van der Waals surface area contributed by atoms with E-state index in [4.69, 9.17) is 5.73 Å². The standard InChI is InChI=1S/C10H14N4O2S/c1-2-7-9(16)13-8(15)5-14(7)10-12-4-6(3-11)17-10/h4,7H,2-3,5,11H2,1H3,(H,13,15,16). The van der Waals surface area contributed by atoms with Crippen molar-refractivity contribution in [1.29, 1.82) is 0 Å². The van der Waals surface area contributed by atoms with E-state index in [9.17, 15) is 9.59 Å². The first kappa shape index (κ1) is 12.0. The maximum absolute atomic E-state index is 11.7. The highest BCUT2D eigenvalue weighted by molar-refractivity contribution is 7.15. The Labute approximate surface area is 103 Å². The molecule has 1 atom stereocenters. The second-order valence-corrected chi connectivity index (χ2v) is 4.87. The maximum Gasteiger partial charge on any atom is 0.249 e. The summed E-state index contributed by atoms with van der Waals surface area (Å²) in [6.07, 6.45) is 2.32. The van der Waals surface area contributed by atoms with Crippen LogP contribution in [0.2, 0.25) is 0 Å². The molecule has 0 radical (unpaired) electrons. The molecular weight excluding hydrogens is 240 g/mol. The van der Waals surface area contributed by atoms with Crippen LogP contribution < -0.4 is 16.0 Å². The number of hydrogen-bond acceptors (Lipinski definition) is 6. The Bertz CT molecular complexity index is 445. The zero-order valence-corrected chi connectivity index (χ0v) is 10.3. The Balaban J connectivity index is 2.27. The average Bonchev–Trinajstić information content (AvgIpc) is 2.76. The van der Waals surface area contributed by atoms with Gasteiger partial charge in [-0.1, -0.05) is 6.92 Å². The number of piperazine rings is 1. The van der Waals surface area contributed by atoms with Crippen LogP contribution in [0.15, 0.2) is 6.20 Å². The number of nitrogens with two attached hydrogens (primary N) is 1. The van der Waals surface area contributed by atoms with Gasteiger partial charge < -0.3 is 10.6 Å². The molecule has 0 aliphatic carbocycles. The lowest BCUT2D eigenvalue weighted by Crippen LogP contribution is -2.58. The van der Waals surface area contributed by atoms with E-state index in [-0.39, 0.29) is 24.4 Å². The van der Waals surface area contributed by atoms with Gasteiger partial charge in [0.05, 0.1) is 0 Å². The van der Waals surface area contributed by atoms with Gasteiger partial charge in [0.15, 0.2) is 5.13 Å². The van der Waals surface area contributed by atoms with Crippen LogP contribution in [0.3, 0.4) is 0 Å². The summed E-state index contributed by atoms with van der Waals surface area (Å²) >= 11 is 1.42. The first-order valence-corrected chi connectivity index (χ1v) is 6.22. The van der Waals surface area contributed by atoms with Gasteiger partial charge in [-0.15, -0.1) is 11.3 Å². The molecule has 1 aliphatic heterocycles. The molecule has 17 heavy (non-hydrogen) atoms. The third kappa shape index (κ3) is 2.29. The Kier molecular flexibility index (Phi) is 3.39. The zero-order chi connectivity index (χ0) is 12.4. The number of rotatable bonds is 3. The molecular formula is C10H14N4O2S. The fraction of sp³-hybridized carbons (Fsp3) is 0.500. The molecule has 0 bridgehead atoms. The van der Waals surface area contributed by atoms with Gasteiger partial charge in [-0.25, -0.2) is 4.98 Å². The predicted molar refractivity (Wildman–Crippen MR) is 64.6 cm³/mol. The van der Waals surface area contributed by atoms with Crippen LogP contribution in [0.1, 0.15) is 18.2 Å². The van der Waals surface area contributed by atoms with Crippen LogP contribution in [0.25, 0.3) is 0 Å². The number of anilines is 1. The molecule has 1 fully saturated rings. The van der Waals surface area contributed by atoms with Crippen molar-refractivity contribution in [3.05, 3.63) is 11.1 Å². The fourth-order valence-electron chi connectivity index (χ4n) is 1.80. The molecule has 2 heterocycles. The molecule has 2 amide bonds. The van der Waals surface area contributed by atoms with Gasteiger partial charge in [0.2, 0.25) is 11.8 Å². The molecule has 1 aromatic heterocycles. The number of thiazole rings is 1. The average molecular weight is 254 g/mol. The minimum absolute atomic E-state index is 0.168. The number of nitrogens with zero attached hydrogens (tertiary/aromatic N) is 2. The summed E-state index contributed by atoms with van der Waals surface area (Å²) in [6, 6.07) is -0.329. The van der Waals surface area contributed by atoms with Gasteiger partial charge in [-0.2, -0.15) is 0 Å². The van der Waals surface area contributed by atoms with E-state index in [1.54, 1.807) is 11.1 Å². The van der Waals surface area contributed by atoms with E-state index in [1.165, 1.54) is 11.3 Å². The van der Waals surface area contributed by atoms with Gasteiger partial charge in [-0.05, 0) is 6.42 Å². The highest BCUT2D eigenvalue weighted by Crippen LogP contribution is 2.26. The molecule has 1 aliphatic rings. The normalized spacial score (nSPS) is 20.6. The third-order valence-electron chi connectivity index (χ3n) is 2.63. The van der Waals surface area contributed by atoms with E-state index >= 15 is 0 Å². The number of nitrogens with one attached hydrogen (secondary N) is 1. The Morgan fingerprint density at radius 2 is 2.41 bits per heavy atom. The minimum atomic E-state index is -0.329. The number of aromatic nitrogens is 1. The lowest BCUT2D eigenvalue weighted by molar-refractivity contribution is -0.132. The molecule has 6 nitrogen and oxygen atoms in total. The lowest BCUT2D eigenvalue weighted by Gasteiger charge is -2.32. The number of hydrogen-bond donors (Lipinski definition) is 2. The molecule has 0 aromatic carbocycles. The van der Waals surface area contributed by atoms with Crippen molar-refractivity contribution in [2.45, 2.75) is 25.9 Å². The van der Waals surface area contributed by atoms with Crippen LogP contribution >= 0.6 is 11.3 Å². The lowest BCUT2D eigenvalue weighted by atomic mass is 10.1. The number of carbonyl (C=O) groups is 2. The molecule has 0 spiro atoms. The van der Waals surface area contributed by atoms with E-state index in [0.717, 1.165) is 4.88 Å². The van der Waals surface area contributed by atoms with Crippen molar-refractivity contribution < 1.29 is 9.59 Å². The zero-order valence-electron chi connectivity index (χ0n) is 9.47. The first-order valence-electron chi connectivity index (χ1n) is 5.40. The molecule has 1 saturated heterocycles. The molecule has 2 rings (SSSR count). The summed E-state index contributed by atoms with van der Waals surface area (Å²) in [6.45, 7) is 2.49. The summed E-state index contributed by atoms with van der Waals surface area (Å²) in [5.74, 6) is -0.544. The van der Waals surface area contributed by atoms with Crippen LogP contribution in [-0.2, 0) is 16.1 Å². The maximum atomic E-state index is 11.7. The smallest absolute Gasteiger partial charge is 0.249 e. The molecule has 3 N–H and O–H groups in total. The quantitative estimate of drug-likeness (QED) is 0.732. The Hall–Kier alpha value is -1.47. The minimum Gasteiger partial charge on any atom is -0.327 e. The fourth-order valence-corrected chi connectivity index (χ4v) is 2.64. The number of amides is 2. The van der Waals surface area contributed by atoms with Gasteiger partial charge in [0.25, 0.3) is 0 Å². The van der Waals surface area contributed by atoms with E-state index in [2.05, 4.69) is 10.3 Å². The summed E-state index contributed by atoms with van der Waals surface area (Å²) in [7, 11) is 0. The van der Waals surface area contributed by atoms with Crippen molar-refractivity contribution in [1.82, 2.24) is 10.3 Å². The van der Waals surface area contributed by atoms with Crippen molar-refractivity contribution in [2.75, 3.05) is 11.4 Å². The molecule has 7 heteroatoms. The van der Waals surface area contributed by atoms with Crippen LogP contribution in [0, 0.1) is 0 Å². The van der Waals surface area contributed by atoms with Crippen LogP contribution in [0.5, 0.6) is 0 Å². The topological polar surface area (TPSA) is 88.3 Å². The van der Waals surface area contributed by atoms with Crippen molar-refractivity contribution in [2.24, 2.45) is 5.73 Å². The second-order valence-electron chi connectivity index (χ2n) is 3.78. The molecule has 1 unspecified atom stereocenters. The summed E-state index contributed by atoms with van der Waals surface area (Å²) in [5.41, 5.74) is 5.52. The van der Waals surface area contributed by atoms with Gasteiger partial charge in [0.1, 0.15) is 12.6 Å². The molecule has 92 valence electrons. The molecule has 0 saturated carbocycles. The Morgan fingerprint density at radius 1 is 1.65 bits per heavy atom. The van der Waals surface area contributed by atoms with Crippen LogP contribution in [0.4, 0.5) is 5.13 Å². The number of carbonyl (C=O) groups excluding carboxylic acids is 2. The second kappa shape index (κ2) is 4.80. The summed E-state index contributed by atoms with van der Waals surface area (Å²) in [4.78, 5) is 29.9. The molecule has 1 aromatic rings.